The highest BCUT2D eigenvalue weighted by atomic mass is 15.4. The van der Waals surface area contributed by atoms with Crippen LogP contribution >= 0.6 is 0 Å². The van der Waals surface area contributed by atoms with Crippen molar-refractivity contribution in [1.82, 2.24) is 14.7 Å². The third kappa shape index (κ3) is 1.07. The Labute approximate surface area is 83.7 Å². The second-order valence-electron chi connectivity index (χ2n) is 4.30. The Hall–Kier alpha value is -1.03. The molecule has 2 N–H and O–H groups in total. The zero-order chi connectivity index (χ0) is 9.54. The molecule has 1 aromatic rings. The maximum atomic E-state index is 5.89. The minimum Gasteiger partial charge on any atom is -0.384 e. The molecule has 2 atom stereocenters. The van der Waals surface area contributed by atoms with E-state index in [1.165, 1.54) is 32.4 Å². The first-order valence-corrected chi connectivity index (χ1v) is 5.39. The first-order chi connectivity index (χ1) is 6.86. The van der Waals surface area contributed by atoms with E-state index in [1.54, 1.807) is 6.20 Å². The lowest BCUT2D eigenvalue weighted by Gasteiger charge is -2.21. The molecule has 0 spiro atoms. The molecule has 76 valence electrons. The average molecular weight is 192 g/mol. The molecule has 2 unspecified atom stereocenters. The maximum Gasteiger partial charge on any atom is 0.122 e. The Balaban J connectivity index is 1.89. The van der Waals surface area contributed by atoms with Gasteiger partial charge in [0.25, 0.3) is 0 Å². The molecule has 0 bridgehead atoms. The van der Waals surface area contributed by atoms with Crippen molar-refractivity contribution in [3.05, 3.63) is 12.3 Å². The number of hydrogen-bond donors (Lipinski definition) is 1. The van der Waals surface area contributed by atoms with Gasteiger partial charge in [-0.25, -0.2) is 4.68 Å². The van der Waals surface area contributed by atoms with E-state index >= 15 is 0 Å². The Morgan fingerprint density at radius 1 is 1.29 bits per heavy atom. The molecule has 2 aliphatic heterocycles. The van der Waals surface area contributed by atoms with Gasteiger partial charge >= 0.3 is 0 Å². The fourth-order valence-electron chi connectivity index (χ4n) is 2.94. The zero-order valence-corrected chi connectivity index (χ0v) is 8.26. The molecule has 2 aliphatic rings. The summed E-state index contributed by atoms with van der Waals surface area (Å²) < 4.78 is 2.01. The molecule has 1 aromatic heterocycles. The molecule has 0 amide bonds. The van der Waals surface area contributed by atoms with Crippen molar-refractivity contribution >= 4 is 5.82 Å². The van der Waals surface area contributed by atoms with Gasteiger partial charge in [-0.3, -0.25) is 4.90 Å². The lowest BCUT2D eigenvalue weighted by atomic mass is 10.1. The molecule has 4 nitrogen and oxygen atoms in total. The first-order valence-electron chi connectivity index (χ1n) is 5.39. The smallest absolute Gasteiger partial charge is 0.122 e. The summed E-state index contributed by atoms with van der Waals surface area (Å²) in [4.78, 5) is 2.58. The van der Waals surface area contributed by atoms with Crippen LogP contribution in [0, 0.1) is 0 Å². The zero-order valence-electron chi connectivity index (χ0n) is 8.26. The number of anilines is 1. The Kier molecular flexibility index (Phi) is 1.77. The van der Waals surface area contributed by atoms with Crippen LogP contribution in [-0.2, 0) is 0 Å². The number of hydrogen-bond acceptors (Lipinski definition) is 3. The van der Waals surface area contributed by atoms with Gasteiger partial charge in [0.05, 0.1) is 12.2 Å². The highest BCUT2D eigenvalue weighted by Crippen LogP contribution is 2.36. The van der Waals surface area contributed by atoms with Crippen LogP contribution in [0.4, 0.5) is 5.82 Å². The van der Waals surface area contributed by atoms with Gasteiger partial charge in [-0.15, -0.1) is 0 Å². The van der Waals surface area contributed by atoms with Crippen LogP contribution in [0.2, 0.25) is 0 Å². The number of nitrogens with two attached hydrogens (primary N) is 1. The van der Waals surface area contributed by atoms with Gasteiger partial charge in [0.2, 0.25) is 0 Å². The number of aromatic nitrogens is 2. The topological polar surface area (TPSA) is 47.1 Å². The van der Waals surface area contributed by atoms with Crippen molar-refractivity contribution in [2.75, 3.05) is 18.8 Å². The maximum absolute atomic E-state index is 5.89. The number of rotatable bonds is 1. The van der Waals surface area contributed by atoms with Crippen molar-refractivity contribution in [3.63, 3.8) is 0 Å². The Morgan fingerprint density at radius 2 is 2.21 bits per heavy atom. The Bertz CT molecular complexity index is 333. The van der Waals surface area contributed by atoms with E-state index in [4.69, 9.17) is 5.73 Å². The predicted octanol–water partition coefficient (Wildman–Crippen LogP) is 0.874. The third-order valence-corrected chi connectivity index (χ3v) is 3.59. The molecule has 2 saturated heterocycles. The minimum absolute atomic E-state index is 0.521. The second-order valence-corrected chi connectivity index (χ2v) is 4.30. The minimum atomic E-state index is 0.521. The van der Waals surface area contributed by atoms with Crippen LogP contribution in [0.15, 0.2) is 12.3 Å². The summed E-state index contributed by atoms with van der Waals surface area (Å²) >= 11 is 0. The molecule has 0 saturated carbocycles. The van der Waals surface area contributed by atoms with Crippen molar-refractivity contribution in [1.29, 1.82) is 0 Å². The van der Waals surface area contributed by atoms with Gasteiger partial charge < -0.3 is 5.73 Å². The summed E-state index contributed by atoms with van der Waals surface area (Å²) in [6.07, 6.45) is 5.65. The molecule has 0 radical (unpaired) electrons. The molecule has 3 rings (SSSR count). The van der Waals surface area contributed by atoms with Gasteiger partial charge in [0.15, 0.2) is 0 Å². The van der Waals surface area contributed by atoms with E-state index in [0.29, 0.717) is 12.1 Å². The Morgan fingerprint density at radius 3 is 3.00 bits per heavy atom. The van der Waals surface area contributed by atoms with Crippen molar-refractivity contribution in [3.8, 4) is 0 Å². The highest BCUT2D eigenvalue weighted by Gasteiger charge is 2.38. The average Bonchev–Trinajstić information content (AvgIpc) is 2.78. The number of fused-ring (bicyclic) bond motifs is 1. The number of nitrogens with zero attached hydrogens (tertiary/aromatic N) is 3. The quantitative estimate of drug-likeness (QED) is 0.718. The number of nitrogen functional groups attached to an aromatic ring is 1. The molecule has 3 heterocycles. The van der Waals surface area contributed by atoms with Crippen LogP contribution in [-0.4, -0.2) is 33.8 Å². The molecular formula is C10H16N4. The van der Waals surface area contributed by atoms with E-state index < -0.39 is 0 Å². The van der Waals surface area contributed by atoms with E-state index in [1.807, 2.05) is 10.7 Å². The molecule has 0 aliphatic carbocycles. The summed E-state index contributed by atoms with van der Waals surface area (Å²) in [5, 5.41) is 4.32. The molecule has 2 fully saturated rings. The molecule has 0 aromatic carbocycles. The SMILES string of the molecule is Nc1ccnn1C1CCN2CCCC12. The van der Waals surface area contributed by atoms with Crippen LogP contribution < -0.4 is 5.73 Å². The van der Waals surface area contributed by atoms with E-state index in [0.717, 1.165) is 5.82 Å². The highest BCUT2D eigenvalue weighted by molar-refractivity contribution is 5.27. The normalized spacial score (nSPS) is 32.3. The molecule has 4 heteroatoms. The summed E-state index contributed by atoms with van der Waals surface area (Å²) in [6, 6.07) is 3.10. The first kappa shape index (κ1) is 8.29. The second kappa shape index (κ2) is 2.98. The van der Waals surface area contributed by atoms with E-state index in [9.17, 15) is 0 Å². The lowest BCUT2D eigenvalue weighted by molar-refractivity contribution is 0.283. The summed E-state index contributed by atoms with van der Waals surface area (Å²) in [5.41, 5.74) is 5.89. The van der Waals surface area contributed by atoms with Crippen LogP contribution in [0.5, 0.6) is 0 Å². The van der Waals surface area contributed by atoms with Gasteiger partial charge in [0, 0.05) is 12.6 Å². The van der Waals surface area contributed by atoms with Crippen LogP contribution in [0.25, 0.3) is 0 Å². The summed E-state index contributed by atoms with van der Waals surface area (Å²) in [6.45, 7) is 2.48. The monoisotopic (exact) mass is 192 g/mol. The fourth-order valence-corrected chi connectivity index (χ4v) is 2.94. The van der Waals surface area contributed by atoms with Gasteiger partial charge in [0.1, 0.15) is 5.82 Å². The van der Waals surface area contributed by atoms with E-state index in [-0.39, 0.29) is 0 Å². The fraction of sp³-hybridized carbons (Fsp3) is 0.700. The van der Waals surface area contributed by atoms with Gasteiger partial charge in [-0.2, -0.15) is 5.10 Å². The van der Waals surface area contributed by atoms with Crippen molar-refractivity contribution in [2.45, 2.75) is 31.3 Å². The van der Waals surface area contributed by atoms with Crippen molar-refractivity contribution < 1.29 is 0 Å². The predicted molar refractivity (Wildman–Crippen MR) is 54.9 cm³/mol. The van der Waals surface area contributed by atoms with Crippen LogP contribution in [0.1, 0.15) is 25.3 Å². The van der Waals surface area contributed by atoms with Gasteiger partial charge in [-0.1, -0.05) is 0 Å². The van der Waals surface area contributed by atoms with Gasteiger partial charge in [-0.05, 0) is 31.9 Å². The van der Waals surface area contributed by atoms with Crippen molar-refractivity contribution in [2.24, 2.45) is 0 Å². The molecule has 14 heavy (non-hydrogen) atoms. The van der Waals surface area contributed by atoms with Crippen LogP contribution in [0.3, 0.4) is 0 Å². The standard InChI is InChI=1S/C10H16N4/c11-10-3-5-12-14(10)9-4-7-13-6-1-2-8(9)13/h3,5,8-9H,1-2,4,6-7,11H2. The third-order valence-electron chi connectivity index (χ3n) is 3.59. The van der Waals surface area contributed by atoms with E-state index in [2.05, 4.69) is 10.00 Å². The summed E-state index contributed by atoms with van der Waals surface area (Å²) in [5.74, 6) is 0.809. The lowest BCUT2D eigenvalue weighted by Crippen LogP contribution is -2.28. The molecular weight excluding hydrogens is 176 g/mol. The largest absolute Gasteiger partial charge is 0.384 e. The summed E-state index contributed by atoms with van der Waals surface area (Å²) in [7, 11) is 0.